The summed E-state index contributed by atoms with van der Waals surface area (Å²) in [6.07, 6.45) is 3.44. The fourth-order valence-corrected chi connectivity index (χ4v) is 3.60. The molecule has 0 aliphatic carbocycles. The summed E-state index contributed by atoms with van der Waals surface area (Å²) in [5, 5.41) is 11.4. The molecule has 9 heteroatoms. The van der Waals surface area contributed by atoms with E-state index in [4.69, 9.17) is 9.26 Å². The number of rotatable bonds is 12. The molecule has 2 amide bonds. The van der Waals surface area contributed by atoms with Gasteiger partial charge in [-0.15, -0.1) is 11.3 Å². The Labute approximate surface area is 191 Å². The minimum absolute atomic E-state index is 0.0590. The van der Waals surface area contributed by atoms with E-state index in [0.29, 0.717) is 36.0 Å². The van der Waals surface area contributed by atoms with Crippen LogP contribution in [0.25, 0.3) is 10.7 Å². The summed E-state index contributed by atoms with van der Waals surface area (Å²) >= 11 is 1.58. The number of aromatic nitrogens is 2. The van der Waals surface area contributed by atoms with Gasteiger partial charge in [-0.3, -0.25) is 9.59 Å². The van der Waals surface area contributed by atoms with Gasteiger partial charge in [0.15, 0.2) is 0 Å². The lowest BCUT2D eigenvalue weighted by Crippen LogP contribution is -2.37. The number of benzene rings is 1. The number of nitrogens with zero attached hydrogens (tertiary/aromatic N) is 2. The van der Waals surface area contributed by atoms with Crippen LogP contribution in [0.5, 0.6) is 5.75 Å². The maximum absolute atomic E-state index is 12.2. The van der Waals surface area contributed by atoms with Crippen LogP contribution in [0.4, 0.5) is 0 Å². The number of aryl methyl sites for hydroxylation is 1. The molecule has 0 atom stereocenters. The van der Waals surface area contributed by atoms with Crippen LogP contribution in [-0.4, -0.2) is 41.1 Å². The summed E-state index contributed by atoms with van der Waals surface area (Å²) in [5.41, 5.74) is 0.483. The van der Waals surface area contributed by atoms with Crippen molar-refractivity contribution in [3.05, 3.63) is 53.2 Å². The van der Waals surface area contributed by atoms with Crippen LogP contribution in [0.15, 0.2) is 46.3 Å². The lowest BCUT2D eigenvalue weighted by atomic mass is 10.2. The molecule has 0 aliphatic rings. The highest BCUT2D eigenvalue weighted by molar-refractivity contribution is 7.13. The molecule has 0 spiro atoms. The van der Waals surface area contributed by atoms with Crippen molar-refractivity contribution in [2.75, 3.05) is 13.1 Å². The second-order valence-corrected chi connectivity index (χ2v) is 8.47. The van der Waals surface area contributed by atoms with Crippen molar-refractivity contribution < 1.29 is 18.8 Å². The third-order valence-electron chi connectivity index (χ3n) is 4.50. The summed E-state index contributed by atoms with van der Waals surface area (Å²) in [5.74, 6) is 1.46. The minimum atomic E-state index is -0.294. The Hall–Kier alpha value is -3.20. The first-order chi connectivity index (χ1) is 15.5. The van der Waals surface area contributed by atoms with Gasteiger partial charge in [0.1, 0.15) is 5.75 Å². The smallest absolute Gasteiger partial charge is 0.251 e. The van der Waals surface area contributed by atoms with Crippen LogP contribution in [0.3, 0.4) is 0 Å². The van der Waals surface area contributed by atoms with E-state index in [9.17, 15) is 9.59 Å². The predicted molar refractivity (Wildman–Crippen MR) is 123 cm³/mol. The molecule has 3 rings (SSSR count). The van der Waals surface area contributed by atoms with Crippen molar-refractivity contribution in [1.82, 2.24) is 20.8 Å². The van der Waals surface area contributed by atoms with Gasteiger partial charge < -0.3 is 19.9 Å². The van der Waals surface area contributed by atoms with Crippen molar-refractivity contribution in [2.24, 2.45) is 0 Å². The Morgan fingerprint density at radius 3 is 2.62 bits per heavy atom. The maximum atomic E-state index is 12.2. The molecule has 0 aliphatic heterocycles. The Kier molecular flexibility index (Phi) is 8.79. The molecular formula is C23H28N4O4S. The van der Waals surface area contributed by atoms with E-state index in [1.54, 1.807) is 35.6 Å². The molecule has 0 radical (unpaired) electrons. The summed E-state index contributed by atoms with van der Waals surface area (Å²) in [4.78, 5) is 29.5. The number of carbonyl (C=O) groups is 2. The Bertz CT molecular complexity index is 984. The second-order valence-electron chi connectivity index (χ2n) is 7.52. The zero-order chi connectivity index (χ0) is 22.8. The van der Waals surface area contributed by atoms with Crippen LogP contribution < -0.4 is 15.4 Å². The molecule has 170 valence electrons. The third-order valence-corrected chi connectivity index (χ3v) is 5.36. The van der Waals surface area contributed by atoms with E-state index in [1.807, 2.05) is 31.4 Å². The van der Waals surface area contributed by atoms with Gasteiger partial charge in [-0.05, 0) is 62.4 Å². The van der Waals surface area contributed by atoms with Gasteiger partial charge in [0, 0.05) is 18.5 Å². The van der Waals surface area contributed by atoms with E-state index in [-0.39, 0.29) is 24.5 Å². The van der Waals surface area contributed by atoms with Crippen molar-refractivity contribution in [3.8, 4) is 16.5 Å². The third kappa shape index (κ3) is 7.49. The molecule has 0 fully saturated rings. The molecule has 0 saturated heterocycles. The molecule has 2 N–H and O–H groups in total. The van der Waals surface area contributed by atoms with Gasteiger partial charge in [-0.2, -0.15) is 4.98 Å². The summed E-state index contributed by atoms with van der Waals surface area (Å²) in [6.45, 7) is 4.38. The van der Waals surface area contributed by atoms with Crippen LogP contribution >= 0.6 is 11.3 Å². The second kappa shape index (κ2) is 12.0. The lowest BCUT2D eigenvalue weighted by Gasteiger charge is -2.10. The van der Waals surface area contributed by atoms with Crippen LogP contribution in [0.1, 0.15) is 49.4 Å². The molecule has 0 unspecified atom stereocenters. The largest absolute Gasteiger partial charge is 0.491 e. The van der Waals surface area contributed by atoms with Crippen molar-refractivity contribution >= 4 is 23.2 Å². The van der Waals surface area contributed by atoms with E-state index in [2.05, 4.69) is 20.8 Å². The summed E-state index contributed by atoms with van der Waals surface area (Å²) < 4.78 is 10.8. The molecule has 2 heterocycles. The van der Waals surface area contributed by atoms with Crippen LogP contribution in [0.2, 0.25) is 0 Å². The Morgan fingerprint density at radius 1 is 1.09 bits per heavy atom. The quantitative estimate of drug-likeness (QED) is 0.401. The van der Waals surface area contributed by atoms with Gasteiger partial charge >= 0.3 is 0 Å². The average Bonchev–Trinajstić information content (AvgIpc) is 3.46. The van der Waals surface area contributed by atoms with E-state index in [0.717, 1.165) is 24.1 Å². The first-order valence-electron chi connectivity index (χ1n) is 10.7. The van der Waals surface area contributed by atoms with E-state index >= 15 is 0 Å². The number of thiophene rings is 1. The maximum Gasteiger partial charge on any atom is 0.251 e. The van der Waals surface area contributed by atoms with Gasteiger partial charge in [0.2, 0.25) is 17.6 Å². The monoisotopic (exact) mass is 456 g/mol. The van der Waals surface area contributed by atoms with Crippen LogP contribution in [-0.2, 0) is 11.2 Å². The number of carbonyl (C=O) groups excluding carboxylic acids is 2. The summed E-state index contributed by atoms with van der Waals surface area (Å²) in [6, 6.07) is 10.8. The van der Waals surface area contributed by atoms with Crippen LogP contribution in [0, 0.1) is 0 Å². The summed E-state index contributed by atoms with van der Waals surface area (Å²) in [7, 11) is 0. The average molecular weight is 457 g/mol. The molecule has 1 aromatic carbocycles. The molecule has 2 aromatic heterocycles. The molecule has 0 saturated carbocycles. The number of hydrogen-bond donors (Lipinski definition) is 2. The molecule has 32 heavy (non-hydrogen) atoms. The molecule has 0 bridgehead atoms. The topological polar surface area (TPSA) is 106 Å². The SMILES string of the molecule is CC(C)Oc1ccc(C(=O)NCC(=O)NCCCCCc2nc(-c3cccs3)no2)cc1. The molecular weight excluding hydrogens is 428 g/mol. The number of nitrogens with one attached hydrogen (secondary N) is 2. The minimum Gasteiger partial charge on any atom is -0.491 e. The zero-order valence-corrected chi connectivity index (χ0v) is 19.1. The normalized spacial score (nSPS) is 10.8. The number of amides is 2. The first kappa shape index (κ1) is 23.5. The highest BCUT2D eigenvalue weighted by Crippen LogP contribution is 2.21. The number of hydrogen-bond acceptors (Lipinski definition) is 7. The van der Waals surface area contributed by atoms with Crippen molar-refractivity contribution in [1.29, 1.82) is 0 Å². The molecule has 8 nitrogen and oxygen atoms in total. The molecule has 3 aromatic rings. The highest BCUT2D eigenvalue weighted by Gasteiger charge is 2.10. The number of unbranched alkanes of at least 4 members (excludes halogenated alkanes) is 2. The fourth-order valence-electron chi connectivity index (χ4n) is 2.95. The van der Waals surface area contributed by atoms with Gasteiger partial charge in [-0.25, -0.2) is 0 Å². The lowest BCUT2D eigenvalue weighted by molar-refractivity contribution is -0.120. The number of ether oxygens (including phenoxy) is 1. The first-order valence-corrected chi connectivity index (χ1v) is 11.6. The predicted octanol–water partition coefficient (Wildman–Crippen LogP) is 3.84. The van der Waals surface area contributed by atoms with E-state index in [1.165, 1.54) is 0 Å². The fraction of sp³-hybridized carbons (Fsp3) is 0.391. The van der Waals surface area contributed by atoms with Gasteiger partial charge in [0.25, 0.3) is 5.91 Å². The Morgan fingerprint density at radius 2 is 1.91 bits per heavy atom. The highest BCUT2D eigenvalue weighted by atomic mass is 32.1. The van der Waals surface area contributed by atoms with Gasteiger partial charge in [-0.1, -0.05) is 17.6 Å². The standard InChI is InChI=1S/C23H28N4O4S/c1-16(2)30-18-11-9-17(10-12-18)23(29)25-15-20(28)24-13-5-3-4-8-21-26-22(27-31-21)19-7-6-14-32-19/h6-7,9-12,14,16H,3-5,8,13,15H2,1-2H3,(H,24,28)(H,25,29). The van der Waals surface area contributed by atoms with Gasteiger partial charge in [0.05, 0.1) is 17.5 Å². The Balaban J connectivity index is 1.26. The van der Waals surface area contributed by atoms with Crippen molar-refractivity contribution in [3.63, 3.8) is 0 Å². The zero-order valence-electron chi connectivity index (χ0n) is 18.3. The van der Waals surface area contributed by atoms with E-state index < -0.39 is 0 Å². The van der Waals surface area contributed by atoms with Crippen molar-refractivity contribution in [2.45, 2.75) is 45.6 Å².